The van der Waals surface area contributed by atoms with Gasteiger partial charge in [0.1, 0.15) is 0 Å². The van der Waals surface area contributed by atoms with Crippen molar-refractivity contribution >= 4 is 15.7 Å². The van der Waals surface area contributed by atoms with E-state index in [2.05, 4.69) is 5.32 Å². The minimum Gasteiger partial charge on any atom is -0.353 e. The normalized spacial score (nSPS) is 36.2. The van der Waals surface area contributed by atoms with E-state index in [0.29, 0.717) is 19.3 Å². The van der Waals surface area contributed by atoms with Crippen LogP contribution in [0.2, 0.25) is 0 Å². The van der Waals surface area contributed by atoms with Crippen molar-refractivity contribution in [3.05, 3.63) is 0 Å². The Morgan fingerprint density at radius 1 is 1.04 bits per heavy atom. The Morgan fingerprint density at radius 2 is 1.67 bits per heavy atom. The highest BCUT2D eigenvalue weighted by atomic mass is 32.2. The molecule has 3 rings (SSSR count). The van der Waals surface area contributed by atoms with Gasteiger partial charge in [-0.3, -0.25) is 4.79 Å². The molecule has 3 N–H and O–H groups in total. The quantitative estimate of drug-likeness (QED) is 0.788. The predicted molar refractivity (Wildman–Crippen MR) is 95.2 cm³/mol. The largest absolute Gasteiger partial charge is 0.353 e. The summed E-state index contributed by atoms with van der Waals surface area (Å²) >= 11 is 0. The minimum absolute atomic E-state index is 0.000190. The third kappa shape index (κ3) is 4.72. The Hall–Kier alpha value is -0.620. The lowest BCUT2D eigenvalue weighted by atomic mass is 9.75. The van der Waals surface area contributed by atoms with E-state index in [1.165, 1.54) is 32.1 Å². The van der Waals surface area contributed by atoms with Crippen LogP contribution in [-0.2, 0) is 14.6 Å². The van der Waals surface area contributed by atoms with Crippen molar-refractivity contribution in [2.24, 2.45) is 23.5 Å². The number of amides is 1. The molecular weight excluding hydrogens is 324 g/mol. The minimum atomic E-state index is -2.97. The second kappa shape index (κ2) is 7.73. The molecule has 2 saturated carbocycles. The van der Waals surface area contributed by atoms with Gasteiger partial charge in [-0.15, -0.1) is 0 Å². The Balaban J connectivity index is 1.47. The van der Waals surface area contributed by atoms with Crippen LogP contribution >= 0.6 is 0 Å². The van der Waals surface area contributed by atoms with Gasteiger partial charge < -0.3 is 11.1 Å². The van der Waals surface area contributed by atoms with Crippen molar-refractivity contribution in [1.29, 1.82) is 0 Å². The Kier molecular flexibility index (Phi) is 5.85. The monoisotopic (exact) mass is 356 g/mol. The van der Waals surface area contributed by atoms with Gasteiger partial charge in [0.15, 0.2) is 9.84 Å². The van der Waals surface area contributed by atoms with E-state index >= 15 is 0 Å². The van der Waals surface area contributed by atoms with E-state index in [1.54, 1.807) is 0 Å². The topological polar surface area (TPSA) is 89.3 Å². The molecule has 3 aliphatic rings. The van der Waals surface area contributed by atoms with Crippen LogP contribution in [0.4, 0.5) is 0 Å². The average molecular weight is 357 g/mol. The Labute approximate surface area is 146 Å². The van der Waals surface area contributed by atoms with Crippen LogP contribution in [-0.4, -0.2) is 37.9 Å². The first-order valence-electron chi connectivity index (χ1n) is 9.68. The fourth-order valence-corrected chi connectivity index (χ4v) is 7.26. The molecule has 0 aromatic carbocycles. The smallest absolute Gasteiger partial charge is 0.220 e. The molecule has 5 nitrogen and oxygen atoms in total. The molecule has 1 aliphatic heterocycles. The lowest BCUT2D eigenvalue weighted by Gasteiger charge is -2.44. The van der Waals surface area contributed by atoms with Gasteiger partial charge in [0.25, 0.3) is 0 Å². The highest BCUT2D eigenvalue weighted by Crippen LogP contribution is 2.36. The molecule has 2 atom stereocenters. The van der Waals surface area contributed by atoms with Gasteiger partial charge in [0.05, 0.1) is 11.5 Å². The summed E-state index contributed by atoms with van der Waals surface area (Å²) in [6.07, 6.45) is 10.8. The molecule has 1 amide bonds. The average Bonchev–Trinajstić information content (AvgIpc) is 2.49. The molecule has 3 fully saturated rings. The SMILES string of the molecule is NC1CC2CS(=O)(=O)CC(C1)C2NC(=O)CCCC1CCCCC1. The first-order chi connectivity index (χ1) is 11.4. The third-order valence-electron chi connectivity index (χ3n) is 6.23. The standard InChI is InChI=1S/C18H32N2O3S/c19-16-9-14-11-24(22,23)12-15(10-16)18(14)20-17(21)8-4-7-13-5-2-1-3-6-13/h13-16,18H,1-12,19H2,(H,20,21). The van der Waals surface area contributed by atoms with E-state index in [4.69, 9.17) is 5.73 Å². The summed E-state index contributed by atoms with van der Waals surface area (Å²) < 4.78 is 24.0. The van der Waals surface area contributed by atoms with Gasteiger partial charge >= 0.3 is 0 Å². The summed E-state index contributed by atoms with van der Waals surface area (Å²) in [5.74, 6) is 1.28. The van der Waals surface area contributed by atoms with Crippen LogP contribution in [0.25, 0.3) is 0 Å². The van der Waals surface area contributed by atoms with Crippen LogP contribution in [0.5, 0.6) is 0 Å². The third-order valence-corrected chi connectivity index (χ3v) is 8.10. The zero-order chi connectivity index (χ0) is 17.2. The molecule has 2 bridgehead atoms. The zero-order valence-electron chi connectivity index (χ0n) is 14.6. The number of rotatable bonds is 5. The number of carbonyl (C=O) groups is 1. The number of nitrogens with two attached hydrogens (primary N) is 1. The van der Waals surface area contributed by atoms with Gasteiger partial charge in [-0.25, -0.2) is 8.42 Å². The number of fused-ring (bicyclic) bond motifs is 2. The number of hydrogen-bond donors (Lipinski definition) is 2. The molecule has 1 heterocycles. The Morgan fingerprint density at radius 3 is 2.29 bits per heavy atom. The summed E-state index contributed by atoms with van der Waals surface area (Å²) in [5.41, 5.74) is 6.06. The molecule has 138 valence electrons. The van der Waals surface area contributed by atoms with Crippen molar-refractivity contribution in [3.63, 3.8) is 0 Å². The maximum Gasteiger partial charge on any atom is 0.220 e. The summed E-state index contributed by atoms with van der Waals surface area (Å²) in [6.45, 7) is 0. The highest BCUT2D eigenvalue weighted by Gasteiger charge is 2.45. The number of nitrogens with one attached hydrogen (secondary N) is 1. The van der Waals surface area contributed by atoms with Gasteiger partial charge in [0, 0.05) is 18.5 Å². The van der Waals surface area contributed by atoms with Crippen molar-refractivity contribution < 1.29 is 13.2 Å². The van der Waals surface area contributed by atoms with E-state index in [9.17, 15) is 13.2 Å². The van der Waals surface area contributed by atoms with Gasteiger partial charge in [0.2, 0.25) is 5.91 Å². The fourth-order valence-electron chi connectivity index (χ4n) is 5.14. The first-order valence-corrected chi connectivity index (χ1v) is 11.5. The summed E-state index contributed by atoms with van der Waals surface area (Å²) in [7, 11) is -2.97. The molecule has 0 aromatic rings. The predicted octanol–water partition coefficient (Wildman–Crippen LogP) is 2.00. The van der Waals surface area contributed by atoms with Crippen LogP contribution in [0.1, 0.15) is 64.2 Å². The van der Waals surface area contributed by atoms with Crippen molar-refractivity contribution in [3.8, 4) is 0 Å². The molecule has 2 aliphatic carbocycles. The molecule has 6 heteroatoms. The number of sulfone groups is 1. The molecule has 1 saturated heterocycles. The van der Waals surface area contributed by atoms with Crippen molar-refractivity contribution in [1.82, 2.24) is 5.32 Å². The van der Waals surface area contributed by atoms with Gasteiger partial charge in [-0.1, -0.05) is 32.1 Å². The van der Waals surface area contributed by atoms with E-state index in [0.717, 1.165) is 18.8 Å². The second-order valence-corrected chi connectivity index (χ2v) is 10.5. The van der Waals surface area contributed by atoms with Crippen LogP contribution in [0, 0.1) is 17.8 Å². The van der Waals surface area contributed by atoms with Crippen molar-refractivity contribution in [2.75, 3.05) is 11.5 Å². The van der Waals surface area contributed by atoms with Crippen LogP contribution < -0.4 is 11.1 Å². The fraction of sp³-hybridized carbons (Fsp3) is 0.944. The number of hydrogen-bond acceptors (Lipinski definition) is 4. The molecule has 0 radical (unpaired) electrons. The summed E-state index contributed by atoms with van der Waals surface area (Å²) in [5, 5.41) is 3.16. The lowest BCUT2D eigenvalue weighted by molar-refractivity contribution is -0.123. The summed E-state index contributed by atoms with van der Waals surface area (Å²) in [6, 6.07) is 0.0884. The van der Waals surface area contributed by atoms with E-state index in [1.807, 2.05) is 0 Å². The maximum atomic E-state index is 12.3. The highest BCUT2D eigenvalue weighted by molar-refractivity contribution is 7.91. The van der Waals surface area contributed by atoms with E-state index in [-0.39, 0.29) is 41.3 Å². The van der Waals surface area contributed by atoms with Gasteiger partial charge in [-0.2, -0.15) is 0 Å². The maximum absolute atomic E-state index is 12.3. The molecular formula is C18H32N2O3S. The van der Waals surface area contributed by atoms with Crippen LogP contribution in [0.15, 0.2) is 0 Å². The second-order valence-electron chi connectivity index (χ2n) is 8.32. The number of carbonyl (C=O) groups excluding carboxylic acids is 1. The zero-order valence-corrected chi connectivity index (χ0v) is 15.4. The van der Waals surface area contributed by atoms with Crippen LogP contribution in [0.3, 0.4) is 0 Å². The van der Waals surface area contributed by atoms with E-state index < -0.39 is 9.84 Å². The Bertz CT molecular complexity index is 520. The molecule has 0 spiro atoms. The molecule has 0 aromatic heterocycles. The lowest BCUT2D eigenvalue weighted by Crippen LogP contribution is -2.58. The van der Waals surface area contributed by atoms with Gasteiger partial charge in [-0.05, 0) is 43.4 Å². The first kappa shape index (κ1) is 18.2. The molecule has 24 heavy (non-hydrogen) atoms. The molecule has 2 unspecified atom stereocenters. The summed E-state index contributed by atoms with van der Waals surface area (Å²) in [4.78, 5) is 12.3. The van der Waals surface area contributed by atoms with Crippen molar-refractivity contribution in [2.45, 2.75) is 76.3 Å².